The molecule has 6 heteroatoms. The van der Waals surface area contributed by atoms with E-state index < -0.39 is 35.1 Å². The topological polar surface area (TPSA) is 121 Å². The number of aliphatic hydroxyl groups is 6. The molecular formula is C18H24O6. The average molecular weight is 336 g/mol. The summed E-state index contributed by atoms with van der Waals surface area (Å²) in [5, 5.41) is 62.1. The van der Waals surface area contributed by atoms with Crippen LogP contribution >= 0.6 is 0 Å². The van der Waals surface area contributed by atoms with Crippen LogP contribution in [-0.4, -0.2) is 54.6 Å². The van der Waals surface area contributed by atoms with Gasteiger partial charge in [-0.1, -0.05) is 17.7 Å². The van der Waals surface area contributed by atoms with Gasteiger partial charge in [0.2, 0.25) is 0 Å². The predicted octanol–water partition coefficient (Wildman–Crippen LogP) is 0.834. The highest BCUT2D eigenvalue weighted by Crippen LogP contribution is 2.62. The monoisotopic (exact) mass is 336 g/mol. The van der Waals surface area contributed by atoms with Crippen molar-refractivity contribution in [3.8, 4) is 0 Å². The van der Waals surface area contributed by atoms with Gasteiger partial charge in [0.05, 0.1) is 17.6 Å². The molecule has 132 valence electrons. The van der Waals surface area contributed by atoms with Crippen LogP contribution in [0.1, 0.15) is 32.6 Å². The van der Waals surface area contributed by atoms with Crippen molar-refractivity contribution in [3.05, 3.63) is 34.8 Å². The second-order valence-electron chi connectivity index (χ2n) is 7.92. The molecule has 0 amide bonds. The maximum absolute atomic E-state index is 11.4. The third kappa shape index (κ3) is 1.69. The number of hydrogen-bond donors (Lipinski definition) is 6. The molecule has 0 spiro atoms. The molecule has 2 saturated carbocycles. The van der Waals surface area contributed by atoms with E-state index in [9.17, 15) is 30.6 Å². The van der Waals surface area contributed by atoms with Crippen LogP contribution in [0.15, 0.2) is 34.8 Å². The Kier molecular flexibility index (Phi) is 3.26. The number of hydrogen-bond acceptors (Lipinski definition) is 6. The maximum Gasteiger partial charge on any atom is 0.162 e. The van der Waals surface area contributed by atoms with E-state index in [4.69, 9.17) is 0 Å². The van der Waals surface area contributed by atoms with Crippen molar-refractivity contribution < 1.29 is 30.6 Å². The first-order chi connectivity index (χ1) is 11.2. The summed E-state index contributed by atoms with van der Waals surface area (Å²) in [4.78, 5) is 0. The largest absolute Gasteiger partial charge is 0.508 e. The maximum atomic E-state index is 11.4. The highest BCUT2D eigenvalue weighted by Gasteiger charge is 2.67. The molecule has 4 rings (SSSR count). The van der Waals surface area contributed by atoms with E-state index in [1.807, 2.05) is 6.08 Å². The average Bonchev–Trinajstić information content (AvgIpc) is 2.69. The fourth-order valence-corrected chi connectivity index (χ4v) is 5.34. The molecule has 0 aromatic rings. The minimum atomic E-state index is -1.76. The lowest BCUT2D eigenvalue weighted by molar-refractivity contribution is -0.123. The summed E-state index contributed by atoms with van der Waals surface area (Å²) < 4.78 is 0. The lowest BCUT2D eigenvalue weighted by Gasteiger charge is -2.53. The number of fused-ring (bicyclic) bond motifs is 5. The van der Waals surface area contributed by atoms with E-state index in [2.05, 4.69) is 0 Å². The van der Waals surface area contributed by atoms with Crippen LogP contribution < -0.4 is 0 Å². The quantitative estimate of drug-likeness (QED) is 0.390. The van der Waals surface area contributed by atoms with E-state index in [1.165, 1.54) is 0 Å². The molecule has 0 aromatic heterocycles. The van der Waals surface area contributed by atoms with Gasteiger partial charge >= 0.3 is 0 Å². The number of rotatable bonds is 0. The lowest BCUT2D eigenvalue weighted by atomic mass is 9.53. The molecule has 4 aliphatic carbocycles. The zero-order valence-corrected chi connectivity index (χ0v) is 13.6. The Labute approximate surface area is 140 Å². The Bertz CT molecular complexity index is 679. The van der Waals surface area contributed by atoms with E-state index in [1.54, 1.807) is 13.0 Å². The van der Waals surface area contributed by atoms with Crippen molar-refractivity contribution in [3.63, 3.8) is 0 Å². The van der Waals surface area contributed by atoms with E-state index in [-0.39, 0.29) is 17.6 Å². The second kappa shape index (κ2) is 4.85. The Morgan fingerprint density at radius 1 is 1.04 bits per heavy atom. The fraction of sp³-hybridized carbons (Fsp3) is 0.667. The molecule has 0 radical (unpaired) electrons. The zero-order valence-electron chi connectivity index (χ0n) is 13.6. The Balaban J connectivity index is 1.80. The van der Waals surface area contributed by atoms with Crippen molar-refractivity contribution in [2.24, 2.45) is 17.3 Å². The van der Waals surface area contributed by atoms with Gasteiger partial charge in [0, 0.05) is 0 Å². The molecule has 0 saturated heterocycles. The van der Waals surface area contributed by atoms with Gasteiger partial charge in [0.15, 0.2) is 5.76 Å². The van der Waals surface area contributed by atoms with Crippen molar-refractivity contribution in [2.75, 3.05) is 0 Å². The molecule has 6 nitrogen and oxygen atoms in total. The Morgan fingerprint density at radius 3 is 2.46 bits per heavy atom. The predicted molar refractivity (Wildman–Crippen MR) is 85.0 cm³/mol. The first-order valence-corrected chi connectivity index (χ1v) is 8.52. The van der Waals surface area contributed by atoms with Crippen LogP contribution in [-0.2, 0) is 0 Å². The summed E-state index contributed by atoms with van der Waals surface area (Å²) in [5.74, 6) is -0.992. The van der Waals surface area contributed by atoms with E-state index in [0.717, 1.165) is 5.57 Å². The fourth-order valence-electron chi connectivity index (χ4n) is 5.34. The molecule has 0 bridgehead atoms. The Morgan fingerprint density at radius 2 is 1.75 bits per heavy atom. The SMILES string of the molecule is C[C@]12CC[C@H]3C(=CC=C4CC(O)C(O)C[C@@H]43)[C@]1(O)C(O)C(O)=C2O. The summed E-state index contributed by atoms with van der Waals surface area (Å²) in [6.45, 7) is 1.66. The van der Waals surface area contributed by atoms with Crippen molar-refractivity contribution >= 4 is 0 Å². The van der Waals surface area contributed by atoms with Gasteiger partial charge in [-0.25, -0.2) is 0 Å². The van der Waals surface area contributed by atoms with Gasteiger partial charge in [-0.15, -0.1) is 0 Å². The molecule has 2 fully saturated rings. The highest BCUT2D eigenvalue weighted by molar-refractivity contribution is 5.48. The smallest absolute Gasteiger partial charge is 0.162 e. The van der Waals surface area contributed by atoms with Gasteiger partial charge < -0.3 is 30.6 Å². The standard InChI is InChI=1S/C18H24O6/c1-17-5-4-9-10-7-13(20)12(19)6-8(10)2-3-11(9)18(17,24)16(23)14(21)15(17)22/h2-3,9-10,12-13,16,19-24H,4-7H2,1H3/t9-,10+,12?,13?,16?,17-,18+/m1/s1. The first kappa shape index (κ1) is 16.1. The minimum Gasteiger partial charge on any atom is -0.508 e. The number of aliphatic hydroxyl groups excluding tert-OH is 5. The molecule has 0 aromatic carbocycles. The van der Waals surface area contributed by atoms with Gasteiger partial charge in [-0.05, 0) is 50.0 Å². The van der Waals surface area contributed by atoms with Crippen LogP contribution in [0, 0.1) is 17.3 Å². The lowest BCUT2D eigenvalue weighted by Crippen LogP contribution is -2.59. The molecule has 24 heavy (non-hydrogen) atoms. The van der Waals surface area contributed by atoms with Gasteiger partial charge in [0.25, 0.3) is 0 Å². The third-order valence-corrected chi connectivity index (χ3v) is 6.88. The van der Waals surface area contributed by atoms with Crippen molar-refractivity contribution in [1.29, 1.82) is 0 Å². The summed E-state index contributed by atoms with van der Waals surface area (Å²) in [5.41, 5.74) is -1.25. The van der Waals surface area contributed by atoms with Gasteiger partial charge in [-0.3, -0.25) is 0 Å². The molecular weight excluding hydrogens is 312 g/mol. The third-order valence-electron chi connectivity index (χ3n) is 6.88. The second-order valence-corrected chi connectivity index (χ2v) is 7.92. The summed E-state index contributed by atoms with van der Waals surface area (Å²) in [6.07, 6.45) is 2.35. The van der Waals surface area contributed by atoms with E-state index in [0.29, 0.717) is 31.3 Å². The van der Waals surface area contributed by atoms with Gasteiger partial charge in [0.1, 0.15) is 17.5 Å². The van der Waals surface area contributed by atoms with E-state index >= 15 is 0 Å². The Hall–Kier alpha value is -1.34. The first-order valence-electron chi connectivity index (χ1n) is 8.52. The van der Waals surface area contributed by atoms with Crippen LogP contribution in [0.25, 0.3) is 0 Å². The van der Waals surface area contributed by atoms with Crippen LogP contribution in [0.2, 0.25) is 0 Å². The summed E-state index contributed by atoms with van der Waals surface area (Å²) in [6, 6.07) is 0. The van der Waals surface area contributed by atoms with Crippen LogP contribution in [0.4, 0.5) is 0 Å². The molecule has 7 atom stereocenters. The van der Waals surface area contributed by atoms with Crippen LogP contribution in [0.5, 0.6) is 0 Å². The molecule has 3 unspecified atom stereocenters. The van der Waals surface area contributed by atoms with Gasteiger partial charge in [-0.2, -0.15) is 0 Å². The minimum absolute atomic E-state index is 0.00550. The molecule has 0 heterocycles. The van der Waals surface area contributed by atoms with Crippen molar-refractivity contribution in [2.45, 2.75) is 56.5 Å². The summed E-state index contributed by atoms with van der Waals surface area (Å²) in [7, 11) is 0. The molecule has 0 aliphatic heterocycles. The molecule has 6 N–H and O–H groups in total. The normalized spacial score (nSPS) is 50.6. The highest BCUT2D eigenvalue weighted by atomic mass is 16.4. The summed E-state index contributed by atoms with van der Waals surface area (Å²) >= 11 is 0. The molecule has 4 aliphatic rings. The number of allylic oxidation sites excluding steroid dienone is 2. The zero-order chi connectivity index (χ0) is 17.4. The van der Waals surface area contributed by atoms with Crippen molar-refractivity contribution in [1.82, 2.24) is 0 Å². The van der Waals surface area contributed by atoms with Crippen LogP contribution in [0.3, 0.4) is 0 Å².